The number of H-pyrrole nitrogens is 1. The number of esters is 1. The molecule has 6 nitrogen and oxygen atoms in total. The second kappa shape index (κ2) is 21.1. The Balaban J connectivity index is 1.45. The molecule has 0 aliphatic rings. The number of carbonyl (C=O) groups is 2. The summed E-state index contributed by atoms with van der Waals surface area (Å²) in [6.07, 6.45) is 24.6. The van der Waals surface area contributed by atoms with Crippen molar-refractivity contribution in [3.8, 4) is 0 Å². The topological polar surface area (TPSA) is 74.4 Å². The van der Waals surface area contributed by atoms with E-state index in [0.717, 1.165) is 37.7 Å². The van der Waals surface area contributed by atoms with Gasteiger partial charge in [0.2, 0.25) is 5.91 Å². The largest absolute Gasteiger partial charge is 0.463 e. The van der Waals surface area contributed by atoms with Crippen LogP contribution in [0.2, 0.25) is 0 Å². The highest BCUT2D eigenvalue weighted by Crippen LogP contribution is 2.18. The molecule has 2 N–H and O–H groups in total. The zero-order valence-electron chi connectivity index (χ0n) is 27.1. The fourth-order valence-electron chi connectivity index (χ4n) is 5.20. The molecule has 1 aromatic carbocycles. The summed E-state index contributed by atoms with van der Waals surface area (Å²) >= 11 is 0. The van der Waals surface area contributed by atoms with E-state index in [1.165, 1.54) is 75.2 Å². The Morgan fingerprint density at radius 3 is 2.24 bits per heavy atom. The molecule has 0 unspecified atom stereocenters. The maximum atomic E-state index is 12.6. The van der Waals surface area contributed by atoms with Gasteiger partial charge in [-0.3, -0.25) is 9.59 Å². The molecule has 0 aliphatic carbocycles. The van der Waals surface area contributed by atoms with Crippen molar-refractivity contribution in [1.29, 1.82) is 0 Å². The van der Waals surface area contributed by atoms with Gasteiger partial charge >= 0.3 is 5.97 Å². The predicted octanol–water partition coefficient (Wildman–Crippen LogP) is 8.51. The number of para-hydroxylation sites is 1. The molecule has 2 rings (SSSR count). The maximum absolute atomic E-state index is 12.6. The third-order valence-corrected chi connectivity index (χ3v) is 7.87. The number of aromatic amines is 1. The number of aromatic nitrogens is 1. The number of ether oxygens (including phenoxy) is 1. The number of rotatable bonds is 24. The number of allylic oxidation sites excluding steroid dienone is 2. The Morgan fingerprint density at radius 1 is 0.881 bits per heavy atom. The zero-order valence-corrected chi connectivity index (χ0v) is 27.1. The SMILES string of the molecule is CCCCCCCC/C=C\CCCCCCCC(=O)OCC(C)(C)NC(=O)CCN(C)CCc1c[nH]c2ccccc12. The van der Waals surface area contributed by atoms with Crippen molar-refractivity contribution < 1.29 is 14.3 Å². The van der Waals surface area contributed by atoms with E-state index in [-0.39, 0.29) is 18.5 Å². The minimum atomic E-state index is -0.585. The first kappa shape index (κ1) is 35.6. The highest BCUT2D eigenvalue weighted by atomic mass is 16.5. The molecular formula is C36H59N3O3. The van der Waals surface area contributed by atoms with E-state index in [1.807, 2.05) is 27.0 Å². The Hall–Kier alpha value is -2.60. The summed E-state index contributed by atoms with van der Waals surface area (Å²) in [6.45, 7) is 7.83. The van der Waals surface area contributed by atoms with Gasteiger partial charge in [0.1, 0.15) is 6.61 Å². The van der Waals surface area contributed by atoms with Crippen LogP contribution in [-0.4, -0.2) is 54.0 Å². The van der Waals surface area contributed by atoms with Gasteiger partial charge in [0, 0.05) is 43.0 Å². The molecule has 0 saturated heterocycles. The van der Waals surface area contributed by atoms with Gasteiger partial charge in [-0.15, -0.1) is 0 Å². The normalized spacial score (nSPS) is 12.0. The van der Waals surface area contributed by atoms with Crippen LogP contribution in [0.15, 0.2) is 42.6 Å². The molecule has 0 saturated carbocycles. The number of nitrogens with zero attached hydrogens (tertiary/aromatic N) is 1. The molecule has 0 spiro atoms. The lowest BCUT2D eigenvalue weighted by Gasteiger charge is -2.26. The van der Waals surface area contributed by atoms with E-state index in [0.29, 0.717) is 19.4 Å². The van der Waals surface area contributed by atoms with Crippen LogP contribution in [-0.2, 0) is 20.7 Å². The summed E-state index contributed by atoms with van der Waals surface area (Å²) in [5.41, 5.74) is 1.87. The lowest BCUT2D eigenvalue weighted by Crippen LogP contribution is -2.48. The number of unbranched alkanes of at least 4 members (excludes halogenated alkanes) is 11. The maximum Gasteiger partial charge on any atom is 0.305 e. The summed E-state index contributed by atoms with van der Waals surface area (Å²) in [6, 6.07) is 8.33. The zero-order chi connectivity index (χ0) is 30.5. The average Bonchev–Trinajstić information content (AvgIpc) is 3.39. The quantitative estimate of drug-likeness (QED) is 0.0740. The number of likely N-dealkylation sites (N-methyl/N-ethyl adjacent to an activating group) is 1. The molecule has 1 aromatic heterocycles. The van der Waals surface area contributed by atoms with Crippen molar-refractivity contribution >= 4 is 22.8 Å². The van der Waals surface area contributed by atoms with Crippen LogP contribution in [0.1, 0.15) is 123 Å². The molecule has 0 fully saturated rings. The first-order valence-corrected chi connectivity index (χ1v) is 16.7. The van der Waals surface area contributed by atoms with E-state index in [1.54, 1.807) is 0 Å². The summed E-state index contributed by atoms with van der Waals surface area (Å²) in [5.74, 6) is -0.195. The molecule has 1 heterocycles. The van der Waals surface area contributed by atoms with Gasteiger partial charge in [0.15, 0.2) is 0 Å². The predicted molar refractivity (Wildman–Crippen MR) is 177 cm³/mol. The van der Waals surface area contributed by atoms with Crippen molar-refractivity contribution in [3.05, 3.63) is 48.2 Å². The molecule has 2 aromatic rings. The third-order valence-electron chi connectivity index (χ3n) is 7.87. The molecule has 1 amide bonds. The number of amides is 1. The molecule has 0 bridgehead atoms. The highest BCUT2D eigenvalue weighted by molar-refractivity contribution is 5.83. The minimum absolute atomic E-state index is 0.0211. The van der Waals surface area contributed by atoms with Crippen LogP contribution in [0, 0.1) is 0 Å². The van der Waals surface area contributed by atoms with Crippen molar-refractivity contribution in [2.45, 2.75) is 129 Å². The first-order chi connectivity index (χ1) is 20.3. The van der Waals surface area contributed by atoms with Gasteiger partial charge in [0.05, 0.1) is 5.54 Å². The average molecular weight is 582 g/mol. The summed E-state index contributed by atoms with van der Waals surface area (Å²) < 4.78 is 5.49. The number of nitrogens with one attached hydrogen (secondary N) is 2. The molecule has 6 heteroatoms. The molecular weight excluding hydrogens is 522 g/mol. The number of fused-ring (bicyclic) bond motifs is 1. The van der Waals surface area contributed by atoms with E-state index in [2.05, 4.69) is 58.7 Å². The second-order valence-electron chi connectivity index (χ2n) is 12.6. The van der Waals surface area contributed by atoms with Gasteiger partial charge in [-0.1, -0.05) is 88.6 Å². The van der Waals surface area contributed by atoms with Crippen LogP contribution in [0.4, 0.5) is 0 Å². The Morgan fingerprint density at radius 2 is 1.52 bits per heavy atom. The lowest BCUT2D eigenvalue weighted by atomic mass is 10.1. The summed E-state index contributed by atoms with van der Waals surface area (Å²) in [7, 11) is 2.05. The minimum Gasteiger partial charge on any atom is -0.463 e. The van der Waals surface area contributed by atoms with Gasteiger partial charge in [-0.2, -0.15) is 0 Å². The van der Waals surface area contributed by atoms with Gasteiger partial charge < -0.3 is 19.9 Å². The highest BCUT2D eigenvalue weighted by Gasteiger charge is 2.22. The smallest absolute Gasteiger partial charge is 0.305 e. The van der Waals surface area contributed by atoms with E-state index < -0.39 is 5.54 Å². The van der Waals surface area contributed by atoms with Crippen molar-refractivity contribution in [2.75, 3.05) is 26.7 Å². The van der Waals surface area contributed by atoms with E-state index >= 15 is 0 Å². The number of benzene rings is 1. The van der Waals surface area contributed by atoms with Crippen molar-refractivity contribution in [3.63, 3.8) is 0 Å². The molecule has 0 aliphatic heterocycles. The Labute approximate surface area is 256 Å². The van der Waals surface area contributed by atoms with Crippen LogP contribution in [0.25, 0.3) is 10.9 Å². The van der Waals surface area contributed by atoms with E-state index in [4.69, 9.17) is 4.74 Å². The first-order valence-electron chi connectivity index (χ1n) is 16.7. The standard InChI is InChI=1S/C36H59N3O3/c1-5-6-7-8-9-10-11-12-13-14-15-16-17-18-19-24-35(41)42-30-36(2,3)38-34(40)26-28-39(4)27-25-31-29-37-33-23-21-20-22-32(31)33/h12-13,20-23,29,37H,5-11,14-19,24-28,30H2,1-4H3,(H,38,40)/b13-12-. The number of carbonyl (C=O) groups excluding carboxylic acids is 2. The fourth-order valence-corrected chi connectivity index (χ4v) is 5.20. The number of hydrogen-bond acceptors (Lipinski definition) is 4. The van der Waals surface area contributed by atoms with Crippen molar-refractivity contribution in [1.82, 2.24) is 15.2 Å². The van der Waals surface area contributed by atoms with Crippen molar-refractivity contribution in [2.24, 2.45) is 0 Å². The Bertz CT molecular complexity index is 1040. The van der Waals surface area contributed by atoms with Crippen LogP contribution in [0.5, 0.6) is 0 Å². The van der Waals surface area contributed by atoms with Crippen LogP contribution < -0.4 is 5.32 Å². The van der Waals surface area contributed by atoms with Crippen LogP contribution in [0.3, 0.4) is 0 Å². The van der Waals surface area contributed by atoms with Gasteiger partial charge in [-0.25, -0.2) is 0 Å². The van der Waals surface area contributed by atoms with Crippen LogP contribution >= 0.6 is 0 Å². The number of hydrogen-bond donors (Lipinski definition) is 2. The Kier molecular flexibility index (Phi) is 17.9. The van der Waals surface area contributed by atoms with E-state index in [9.17, 15) is 9.59 Å². The lowest BCUT2D eigenvalue weighted by molar-refractivity contribution is -0.146. The second-order valence-corrected chi connectivity index (χ2v) is 12.6. The summed E-state index contributed by atoms with van der Waals surface area (Å²) in [5, 5.41) is 4.29. The summed E-state index contributed by atoms with van der Waals surface area (Å²) in [4.78, 5) is 30.3. The molecule has 0 radical (unpaired) electrons. The monoisotopic (exact) mass is 581 g/mol. The molecule has 42 heavy (non-hydrogen) atoms. The van der Waals surface area contributed by atoms with Gasteiger partial charge in [0.25, 0.3) is 0 Å². The van der Waals surface area contributed by atoms with Gasteiger partial charge in [-0.05, 0) is 71.0 Å². The third kappa shape index (κ3) is 16.1. The molecule has 236 valence electrons. The fraction of sp³-hybridized carbons (Fsp3) is 0.667. The molecule has 0 atom stereocenters.